The van der Waals surface area contributed by atoms with Crippen LogP contribution in [0, 0.1) is 12.1 Å². The van der Waals surface area contributed by atoms with Crippen LogP contribution in [0.3, 0.4) is 0 Å². The molecule has 4 nitrogen and oxygen atoms in total. The van der Waals surface area contributed by atoms with Crippen LogP contribution in [0.15, 0.2) is 128 Å². The zero-order chi connectivity index (χ0) is 27.3. The van der Waals surface area contributed by atoms with Gasteiger partial charge in [0, 0.05) is 18.8 Å². The molecule has 0 bridgehead atoms. The van der Waals surface area contributed by atoms with E-state index in [0.29, 0.717) is 0 Å². The zero-order valence-corrected chi connectivity index (χ0v) is 25.0. The molecule has 3 heterocycles. The molecule has 3 aromatic heterocycles. The van der Waals surface area contributed by atoms with Gasteiger partial charge in [0.1, 0.15) is 0 Å². The van der Waals surface area contributed by atoms with E-state index in [4.69, 9.17) is 4.98 Å². The SMILES string of the molecule is Cn1c(-c2[c-]c3c(cc2)c2cc(-c4ccccc4)ccc2n3-c2[c-]c(-c3ccccn3)ccc2)nc2ccccc21.[Pt+2]. The number of imidazole rings is 1. The largest absolute Gasteiger partial charge is 2.00 e. The maximum Gasteiger partial charge on any atom is 2.00 e. The quantitative estimate of drug-likeness (QED) is 0.171. The summed E-state index contributed by atoms with van der Waals surface area (Å²) in [4.78, 5) is 9.53. The van der Waals surface area contributed by atoms with E-state index in [9.17, 15) is 0 Å². The van der Waals surface area contributed by atoms with E-state index in [0.717, 1.165) is 55.8 Å². The van der Waals surface area contributed by atoms with E-state index >= 15 is 0 Å². The molecule has 42 heavy (non-hydrogen) atoms. The summed E-state index contributed by atoms with van der Waals surface area (Å²) in [6.45, 7) is 0. The van der Waals surface area contributed by atoms with Gasteiger partial charge in [-0.15, -0.1) is 53.6 Å². The van der Waals surface area contributed by atoms with Crippen molar-refractivity contribution in [2.75, 3.05) is 0 Å². The molecule has 8 rings (SSSR count). The molecule has 0 atom stereocenters. The monoisotopic (exact) mass is 719 g/mol. The van der Waals surface area contributed by atoms with Gasteiger partial charge in [-0.3, -0.25) is 4.98 Å². The molecule has 0 aliphatic heterocycles. The fourth-order valence-corrected chi connectivity index (χ4v) is 5.78. The molecule has 202 valence electrons. The number of aromatic nitrogens is 4. The number of aryl methyl sites for hydroxylation is 1. The summed E-state index contributed by atoms with van der Waals surface area (Å²) in [5, 5.41) is 2.31. The maximum absolute atomic E-state index is 4.96. The van der Waals surface area contributed by atoms with E-state index in [-0.39, 0.29) is 21.1 Å². The molecule has 0 radical (unpaired) electrons. The van der Waals surface area contributed by atoms with Crippen LogP contribution in [0.25, 0.3) is 72.3 Å². The van der Waals surface area contributed by atoms with Gasteiger partial charge in [-0.25, -0.2) is 0 Å². The second-order valence-electron chi connectivity index (χ2n) is 10.2. The second-order valence-corrected chi connectivity index (χ2v) is 10.2. The van der Waals surface area contributed by atoms with Crippen molar-refractivity contribution >= 4 is 32.8 Å². The van der Waals surface area contributed by atoms with Crippen LogP contribution in [-0.4, -0.2) is 19.1 Å². The summed E-state index contributed by atoms with van der Waals surface area (Å²) >= 11 is 0. The van der Waals surface area contributed by atoms with Gasteiger partial charge in [0.15, 0.2) is 0 Å². The third kappa shape index (κ3) is 4.27. The van der Waals surface area contributed by atoms with Crippen molar-refractivity contribution in [3.05, 3.63) is 140 Å². The van der Waals surface area contributed by atoms with Crippen molar-refractivity contribution in [2.24, 2.45) is 7.05 Å². The number of pyridine rings is 1. The molecule has 0 N–H and O–H groups in total. The van der Waals surface area contributed by atoms with Crippen molar-refractivity contribution in [3.8, 4) is 39.5 Å². The fourth-order valence-electron chi connectivity index (χ4n) is 5.78. The minimum Gasteiger partial charge on any atom is -0.367 e. The Kier molecular flexibility index (Phi) is 6.57. The Bertz CT molecular complexity index is 2210. The van der Waals surface area contributed by atoms with Crippen molar-refractivity contribution in [3.63, 3.8) is 0 Å². The number of fused-ring (bicyclic) bond motifs is 4. The molecule has 5 aromatic carbocycles. The molecular formula is C37H24N4Pt. The van der Waals surface area contributed by atoms with E-state index < -0.39 is 0 Å². The van der Waals surface area contributed by atoms with Gasteiger partial charge in [-0.2, -0.15) is 0 Å². The summed E-state index contributed by atoms with van der Waals surface area (Å²) in [6.07, 6.45) is 1.82. The first-order chi connectivity index (χ1) is 20.2. The first kappa shape index (κ1) is 26.1. The van der Waals surface area contributed by atoms with Gasteiger partial charge in [0.25, 0.3) is 0 Å². The van der Waals surface area contributed by atoms with Gasteiger partial charge < -0.3 is 14.1 Å². The summed E-state index contributed by atoms with van der Waals surface area (Å²) in [5.74, 6) is 0.890. The first-order valence-electron chi connectivity index (χ1n) is 13.7. The average Bonchev–Trinajstić information content (AvgIpc) is 3.56. The Labute approximate surface area is 258 Å². The van der Waals surface area contributed by atoms with Crippen LogP contribution in [0.2, 0.25) is 0 Å². The summed E-state index contributed by atoms with van der Waals surface area (Å²) in [7, 11) is 2.06. The molecule has 0 aliphatic carbocycles. The number of nitrogens with zero attached hydrogens (tertiary/aromatic N) is 4. The van der Waals surface area contributed by atoms with E-state index in [1.54, 1.807) is 0 Å². The predicted octanol–water partition coefficient (Wildman–Crippen LogP) is 8.66. The first-order valence-corrected chi connectivity index (χ1v) is 13.7. The fraction of sp³-hybridized carbons (Fsp3) is 0.0270. The van der Waals surface area contributed by atoms with Crippen LogP contribution in [-0.2, 0) is 28.1 Å². The number of hydrogen-bond acceptors (Lipinski definition) is 2. The van der Waals surface area contributed by atoms with Crippen LogP contribution in [0.1, 0.15) is 0 Å². The third-order valence-electron chi connectivity index (χ3n) is 7.77. The Morgan fingerprint density at radius 3 is 2.29 bits per heavy atom. The zero-order valence-electron chi connectivity index (χ0n) is 22.7. The van der Waals surface area contributed by atoms with Gasteiger partial charge in [-0.1, -0.05) is 72.1 Å². The van der Waals surface area contributed by atoms with Gasteiger partial charge in [-0.05, 0) is 57.7 Å². The van der Waals surface area contributed by atoms with Crippen molar-refractivity contribution in [1.82, 2.24) is 19.1 Å². The van der Waals surface area contributed by atoms with Gasteiger partial charge in [0.05, 0.1) is 16.9 Å². The van der Waals surface area contributed by atoms with Crippen LogP contribution >= 0.6 is 0 Å². The van der Waals surface area contributed by atoms with E-state index in [1.807, 2.05) is 36.5 Å². The van der Waals surface area contributed by atoms with Crippen LogP contribution in [0.5, 0.6) is 0 Å². The molecule has 5 heteroatoms. The second kappa shape index (κ2) is 10.6. The number of para-hydroxylation sites is 2. The Morgan fingerprint density at radius 2 is 1.45 bits per heavy atom. The maximum atomic E-state index is 4.96. The molecule has 8 aromatic rings. The minimum atomic E-state index is 0. The Balaban J connectivity index is 0.00000288. The Hall–Kier alpha value is -4.79. The predicted molar refractivity (Wildman–Crippen MR) is 167 cm³/mol. The number of benzene rings is 5. The summed E-state index contributed by atoms with van der Waals surface area (Å²) < 4.78 is 4.40. The normalized spacial score (nSPS) is 11.3. The molecule has 0 spiro atoms. The summed E-state index contributed by atoms with van der Waals surface area (Å²) in [6, 6.07) is 49.4. The molecule has 0 fully saturated rings. The van der Waals surface area contributed by atoms with Crippen LogP contribution in [0.4, 0.5) is 0 Å². The molecule has 0 saturated carbocycles. The van der Waals surface area contributed by atoms with Crippen molar-refractivity contribution < 1.29 is 21.1 Å². The van der Waals surface area contributed by atoms with Crippen LogP contribution < -0.4 is 0 Å². The van der Waals surface area contributed by atoms with Gasteiger partial charge >= 0.3 is 21.1 Å². The van der Waals surface area contributed by atoms with Crippen molar-refractivity contribution in [2.45, 2.75) is 0 Å². The smallest absolute Gasteiger partial charge is 0.367 e. The Morgan fingerprint density at radius 1 is 0.619 bits per heavy atom. The number of hydrogen-bond donors (Lipinski definition) is 0. The van der Waals surface area contributed by atoms with Gasteiger partial charge in [0.2, 0.25) is 0 Å². The van der Waals surface area contributed by atoms with E-state index in [2.05, 4.69) is 124 Å². The van der Waals surface area contributed by atoms with E-state index in [1.165, 1.54) is 16.5 Å². The molecule has 0 saturated heterocycles. The summed E-state index contributed by atoms with van der Waals surface area (Å²) in [5.41, 5.74) is 10.3. The standard InChI is InChI=1S/C37H24N4.Pt/c1-40-35-16-6-5-15-33(35)39-37(40)28-17-19-30-31-23-26(25-10-3-2-4-11-25)18-20-34(31)41(36(30)24-28)29-13-9-12-27(22-29)32-14-7-8-21-38-32;/h2-21,23H,1H3;/q-2;+2. The topological polar surface area (TPSA) is 35.6 Å². The molecule has 0 aliphatic rings. The number of rotatable bonds is 4. The molecular weight excluding hydrogens is 696 g/mol. The molecule has 0 unspecified atom stereocenters. The average molecular weight is 720 g/mol. The van der Waals surface area contributed by atoms with Crippen molar-refractivity contribution in [1.29, 1.82) is 0 Å². The third-order valence-corrected chi connectivity index (χ3v) is 7.77. The minimum absolute atomic E-state index is 0. The molecule has 0 amide bonds.